The van der Waals surface area contributed by atoms with Crippen LogP contribution in [0.15, 0.2) is 54.6 Å². The number of hydrogen-bond acceptors (Lipinski definition) is 3. The average molecular weight is 475 g/mol. The monoisotopic (exact) mass is 474 g/mol. The van der Waals surface area contributed by atoms with Crippen molar-refractivity contribution in [3.63, 3.8) is 0 Å². The Balaban J connectivity index is 1.77. The van der Waals surface area contributed by atoms with E-state index in [1.165, 1.54) is 0 Å². The molecule has 2 N–H and O–H groups in total. The molecule has 0 atom stereocenters. The van der Waals surface area contributed by atoms with Crippen LogP contribution in [0.3, 0.4) is 0 Å². The lowest BCUT2D eigenvalue weighted by Gasteiger charge is -2.14. The number of nitrogens with one attached hydrogen (secondary N) is 2. The third-order valence-electron chi connectivity index (χ3n) is 4.61. The molecule has 1 aromatic heterocycles. The van der Waals surface area contributed by atoms with Crippen molar-refractivity contribution in [1.29, 1.82) is 0 Å². The lowest BCUT2D eigenvalue weighted by Crippen LogP contribution is -2.33. The highest BCUT2D eigenvalue weighted by Crippen LogP contribution is 2.25. The molecule has 0 bridgehead atoms. The molecule has 3 aromatic rings. The van der Waals surface area contributed by atoms with Crippen LogP contribution >= 0.6 is 35.4 Å². The number of carbonyl (C=O) groups is 1. The van der Waals surface area contributed by atoms with E-state index in [-0.39, 0.29) is 17.7 Å². The van der Waals surface area contributed by atoms with Crippen LogP contribution in [0.1, 0.15) is 42.5 Å². The van der Waals surface area contributed by atoms with Crippen LogP contribution in [0.25, 0.3) is 0 Å². The summed E-state index contributed by atoms with van der Waals surface area (Å²) < 4.78 is 1.69. The van der Waals surface area contributed by atoms with E-state index in [4.69, 9.17) is 35.4 Å². The molecule has 5 nitrogen and oxygen atoms in total. The van der Waals surface area contributed by atoms with Gasteiger partial charge in [-0.3, -0.25) is 9.48 Å². The number of thiocarbonyl (C=S) groups is 1. The third-order valence-corrected chi connectivity index (χ3v) is 5.44. The van der Waals surface area contributed by atoms with E-state index in [2.05, 4.69) is 36.5 Å². The first-order valence-electron chi connectivity index (χ1n) is 9.79. The van der Waals surface area contributed by atoms with Crippen LogP contribution in [0.5, 0.6) is 0 Å². The van der Waals surface area contributed by atoms with Crippen molar-refractivity contribution in [2.75, 3.05) is 11.9 Å². The van der Waals surface area contributed by atoms with Gasteiger partial charge in [0.05, 0.1) is 18.8 Å². The Morgan fingerprint density at radius 3 is 2.45 bits per heavy atom. The molecular formula is C23H24Cl2N4OS. The number of ketones is 1. The molecule has 0 aliphatic rings. The molecule has 1 heterocycles. The van der Waals surface area contributed by atoms with E-state index < -0.39 is 0 Å². The molecule has 0 aliphatic heterocycles. The number of halogens is 2. The number of Topliss-reactive ketones (excluding diaryl/α,β-unsaturated/α-hetero) is 1. The quantitative estimate of drug-likeness (QED) is 0.354. The first-order valence-corrected chi connectivity index (χ1v) is 11.0. The number of carbonyl (C=O) groups excluding carboxylic acids is 1. The van der Waals surface area contributed by atoms with Crippen LogP contribution < -0.4 is 10.6 Å². The van der Waals surface area contributed by atoms with Crippen LogP contribution in [0.4, 0.5) is 5.69 Å². The highest BCUT2D eigenvalue weighted by molar-refractivity contribution is 7.80. The minimum atomic E-state index is -0.207. The summed E-state index contributed by atoms with van der Waals surface area (Å²) in [5.41, 5.74) is 2.79. The van der Waals surface area contributed by atoms with Crippen molar-refractivity contribution in [2.24, 2.45) is 0 Å². The number of rotatable bonds is 6. The Morgan fingerprint density at radius 2 is 1.81 bits per heavy atom. The van der Waals surface area contributed by atoms with E-state index in [0.717, 1.165) is 16.9 Å². The summed E-state index contributed by atoms with van der Waals surface area (Å²) in [4.78, 5) is 13.0. The molecule has 0 fully saturated rings. The largest absolute Gasteiger partial charge is 0.355 e. The van der Waals surface area contributed by atoms with Gasteiger partial charge in [-0.25, -0.2) is 0 Å². The number of aromatic nitrogens is 2. The Kier molecular flexibility index (Phi) is 7.36. The van der Waals surface area contributed by atoms with Gasteiger partial charge in [0.25, 0.3) is 0 Å². The molecule has 2 aromatic carbocycles. The predicted octanol–water partition coefficient (Wildman–Crippen LogP) is 5.71. The van der Waals surface area contributed by atoms with E-state index in [9.17, 15) is 4.79 Å². The highest BCUT2D eigenvalue weighted by atomic mass is 35.5. The van der Waals surface area contributed by atoms with Crippen molar-refractivity contribution < 1.29 is 4.79 Å². The van der Waals surface area contributed by atoms with Gasteiger partial charge in [-0.15, -0.1) is 0 Å². The summed E-state index contributed by atoms with van der Waals surface area (Å²) in [5.74, 6) is -0.120. The summed E-state index contributed by atoms with van der Waals surface area (Å²) in [7, 11) is 0. The van der Waals surface area contributed by atoms with E-state index >= 15 is 0 Å². The SMILES string of the molecule is CC(C)(C)c1cc(C(=O)CNC(=S)Nc2ccccc2)n(Cc2ccc(Cl)cc2Cl)n1. The maximum absolute atomic E-state index is 13.0. The van der Waals surface area contributed by atoms with Crippen LogP contribution in [0.2, 0.25) is 10.0 Å². The third kappa shape index (κ3) is 6.29. The summed E-state index contributed by atoms with van der Waals surface area (Å²) in [6.45, 7) is 6.57. The van der Waals surface area contributed by atoms with Crippen LogP contribution in [-0.2, 0) is 12.0 Å². The van der Waals surface area contributed by atoms with Gasteiger partial charge in [0.1, 0.15) is 5.69 Å². The van der Waals surface area contributed by atoms with Crippen molar-refractivity contribution in [3.8, 4) is 0 Å². The number of para-hydroxylation sites is 1. The summed E-state index contributed by atoms with van der Waals surface area (Å²) >= 11 is 17.7. The molecule has 31 heavy (non-hydrogen) atoms. The molecule has 3 rings (SSSR count). The van der Waals surface area contributed by atoms with Gasteiger partial charge in [0.2, 0.25) is 0 Å². The van der Waals surface area contributed by atoms with Crippen molar-refractivity contribution >= 4 is 52.0 Å². The lowest BCUT2D eigenvalue weighted by atomic mass is 9.92. The molecule has 8 heteroatoms. The van der Waals surface area contributed by atoms with Gasteiger partial charge in [0.15, 0.2) is 10.9 Å². The standard InChI is InChI=1S/C23H24Cl2N4OS/c1-23(2,3)21-12-19(29(28-21)14-15-9-10-16(24)11-18(15)25)20(30)13-26-22(31)27-17-7-5-4-6-8-17/h4-12H,13-14H2,1-3H3,(H2,26,27,31). The summed E-state index contributed by atoms with van der Waals surface area (Å²) in [6, 6.07) is 16.7. The number of anilines is 1. The zero-order valence-electron chi connectivity index (χ0n) is 17.6. The number of hydrogen-bond donors (Lipinski definition) is 2. The van der Waals surface area contributed by atoms with Gasteiger partial charge in [0, 0.05) is 21.1 Å². The second-order valence-electron chi connectivity index (χ2n) is 8.16. The minimum absolute atomic E-state index is 0.0439. The smallest absolute Gasteiger partial charge is 0.199 e. The Hall–Kier alpha value is -2.41. The minimum Gasteiger partial charge on any atom is -0.355 e. The second-order valence-corrected chi connectivity index (χ2v) is 9.41. The second kappa shape index (κ2) is 9.81. The molecule has 0 saturated heterocycles. The Labute approximate surface area is 197 Å². The number of nitrogens with zero attached hydrogens (tertiary/aromatic N) is 2. The summed E-state index contributed by atoms with van der Waals surface area (Å²) in [6.07, 6.45) is 0. The molecule has 0 unspecified atom stereocenters. The molecule has 162 valence electrons. The first kappa shape index (κ1) is 23.3. The molecule has 0 radical (unpaired) electrons. The van der Waals surface area contributed by atoms with Crippen molar-refractivity contribution in [2.45, 2.75) is 32.7 Å². The molecule has 0 aliphatic carbocycles. The van der Waals surface area contributed by atoms with Crippen molar-refractivity contribution in [3.05, 3.63) is 81.6 Å². The fourth-order valence-electron chi connectivity index (χ4n) is 2.89. The van der Waals surface area contributed by atoms with Gasteiger partial charge in [-0.1, -0.05) is 68.2 Å². The topological polar surface area (TPSA) is 59.0 Å². The van der Waals surface area contributed by atoms with Gasteiger partial charge in [-0.2, -0.15) is 5.10 Å². The molecule has 0 saturated carbocycles. The van der Waals surface area contributed by atoms with Crippen molar-refractivity contribution in [1.82, 2.24) is 15.1 Å². The molecular weight excluding hydrogens is 451 g/mol. The van der Waals surface area contributed by atoms with E-state index in [1.807, 2.05) is 42.5 Å². The van der Waals surface area contributed by atoms with Gasteiger partial charge < -0.3 is 10.6 Å². The fraction of sp³-hybridized carbons (Fsp3) is 0.261. The van der Waals surface area contributed by atoms with E-state index in [1.54, 1.807) is 16.8 Å². The average Bonchev–Trinajstić information content (AvgIpc) is 3.13. The number of benzene rings is 2. The molecule has 0 amide bonds. The Bertz CT molecular complexity index is 1090. The normalized spacial score (nSPS) is 11.3. The molecule has 0 spiro atoms. The highest BCUT2D eigenvalue weighted by Gasteiger charge is 2.23. The fourth-order valence-corrected chi connectivity index (χ4v) is 3.55. The van der Waals surface area contributed by atoms with Gasteiger partial charge in [-0.05, 0) is 48.1 Å². The summed E-state index contributed by atoms with van der Waals surface area (Å²) in [5, 5.41) is 12.2. The van der Waals surface area contributed by atoms with Gasteiger partial charge >= 0.3 is 0 Å². The zero-order valence-corrected chi connectivity index (χ0v) is 19.9. The predicted molar refractivity (Wildman–Crippen MR) is 131 cm³/mol. The first-order chi connectivity index (χ1) is 14.6. The zero-order chi connectivity index (χ0) is 22.6. The Morgan fingerprint density at radius 1 is 1.10 bits per heavy atom. The lowest BCUT2D eigenvalue weighted by molar-refractivity contribution is 0.0987. The van der Waals surface area contributed by atoms with Crippen LogP contribution in [-0.4, -0.2) is 27.2 Å². The van der Waals surface area contributed by atoms with Crippen LogP contribution in [0, 0.1) is 0 Å². The van der Waals surface area contributed by atoms with E-state index in [0.29, 0.717) is 27.4 Å². The maximum atomic E-state index is 13.0. The maximum Gasteiger partial charge on any atom is 0.199 e.